The van der Waals surface area contributed by atoms with Crippen molar-refractivity contribution >= 4 is 22.4 Å². The van der Waals surface area contributed by atoms with Gasteiger partial charge in [0.1, 0.15) is 0 Å². The number of carbonyl (C=O) groups is 1. The lowest BCUT2D eigenvalue weighted by Crippen LogP contribution is -2.12. The van der Waals surface area contributed by atoms with E-state index in [-0.39, 0.29) is 5.91 Å². The van der Waals surface area contributed by atoms with Gasteiger partial charge in [0.15, 0.2) is 0 Å². The Hall–Kier alpha value is -2.61. The quantitative estimate of drug-likeness (QED) is 0.740. The molecule has 3 aromatic carbocycles. The first-order chi connectivity index (χ1) is 10.7. The topological polar surface area (TPSA) is 29.1 Å². The number of aryl methyl sites for hydroxylation is 2. The fraction of sp³-hybridized carbons (Fsp3) is 0.150. The summed E-state index contributed by atoms with van der Waals surface area (Å²) < 4.78 is 0. The monoisotopic (exact) mass is 289 g/mol. The van der Waals surface area contributed by atoms with Gasteiger partial charge in [0.2, 0.25) is 5.91 Å². The van der Waals surface area contributed by atoms with Gasteiger partial charge in [-0.3, -0.25) is 4.79 Å². The number of anilines is 1. The lowest BCUT2D eigenvalue weighted by Gasteiger charge is -2.07. The minimum Gasteiger partial charge on any atom is -0.326 e. The summed E-state index contributed by atoms with van der Waals surface area (Å²) in [4.78, 5) is 12.1. The van der Waals surface area contributed by atoms with Crippen LogP contribution in [-0.4, -0.2) is 5.91 Å². The van der Waals surface area contributed by atoms with Crippen LogP contribution in [0, 0.1) is 6.92 Å². The van der Waals surface area contributed by atoms with Crippen LogP contribution in [0.25, 0.3) is 10.8 Å². The van der Waals surface area contributed by atoms with Crippen molar-refractivity contribution in [1.29, 1.82) is 0 Å². The van der Waals surface area contributed by atoms with Gasteiger partial charge in [-0.15, -0.1) is 0 Å². The van der Waals surface area contributed by atoms with Crippen molar-refractivity contribution in [3.05, 3.63) is 77.9 Å². The summed E-state index contributed by atoms with van der Waals surface area (Å²) >= 11 is 0. The third-order valence-corrected chi connectivity index (χ3v) is 3.79. The number of benzene rings is 3. The van der Waals surface area contributed by atoms with Crippen molar-refractivity contribution in [2.45, 2.75) is 19.8 Å². The number of hydrogen-bond donors (Lipinski definition) is 1. The summed E-state index contributed by atoms with van der Waals surface area (Å²) in [5.74, 6) is 0.0517. The molecule has 110 valence electrons. The van der Waals surface area contributed by atoms with Crippen molar-refractivity contribution in [3.8, 4) is 0 Å². The van der Waals surface area contributed by atoms with Gasteiger partial charge in [0, 0.05) is 12.1 Å². The first kappa shape index (κ1) is 14.3. The normalized spacial score (nSPS) is 10.6. The molecule has 0 fully saturated rings. The minimum atomic E-state index is 0.0517. The van der Waals surface area contributed by atoms with Gasteiger partial charge in [-0.1, -0.05) is 60.2 Å². The molecule has 0 saturated heterocycles. The van der Waals surface area contributed by atoms with Gasteiger partial charge >= 0.3 is 0 Å². The molecule has 3 aromatic rings. The molecule has 1 N–H and O–H groups in total. The van der Waals surface area contributed by atoms with Crippen molar-refractivity contribution in [2.24, 2.45) is 0 Å². The second kappa shape index (κ2) is 6.44. The molecule has 0 radical (unpaired) electrons. The van der Waals surface area contributed by atoms with Gasteiger partial charge in [-0.25, -0.2) is 0 Å². The van der Waals surface area contributed by atoms with Crippen molar-refractivity contribution in [1.82, 2.24) is 0 Å². The fourth-order valence-corrected chi connectivity index (χ4v) is 2.50. The van der Waals surface area contributed by atoms with E-state index in [1.165, 1.54) is 16.5 Å². The van der Waals surface area contributed by atoms with Gasteiger partial charge < -0.3 is 5.32 Å². The lowest BCUT2D eigenvalue weighted by molar-refractivity contribution is -0.116. The van der Waals surface area contributed by atoms with Crippen molar-refractivity contribution < 1.29 is 4.79 Å². The summed E-state index contributed by atoms with van der Waals surface area (Å²) in [6.45, 7) is 2.07. The lowest BCUT2D eigenvalue weighted by atomic mass is 10.1. The van der Waals surface area contributed by atoms with E-state index in [1.807, 2.05) is 30.3 Å². The standard InChI is InChI=1S/C20H19NO/c1-15-6-8-16(9-7-15)10-13-20(22)21-19-12-11-17-4-2-3-5-18(17)14-19/h2-9,11-12,14H,10,13H2,1H3,(H,21,22). The zero-order valence-corrected chi connectivity index (χ0v) is 12.7. The summed E-state index contributed by atoms with van der Waals surface area (Å²) in [6, 6.07) is 22.5. The highest BCUT2D eigenvalue weighted by Crippen LogP contribution is 2.19. The third kappa shape index (κ3) is 3.53. The Kier molecular flexibility index (Phi) is 4.19. The Morgan fingerprint density at radius 1 is 0.909 bits per heavy atom. The second-order valence-electron chi connectivity index (χ2n) is 5.60. The summed E-state index contributed by atoms with van der Waals surface area (Å²) in [6.07, 6.45) is 1.26. The van der Waals surface area contributed by atoms with E-state index < -0.39 is 0 Å². The highest BCUT2D eigenvalue weighted by molar-refractivity contribution is 5.94. The molecule has 0 saturated carbocycles. The molecule has 2 heteroatoms. The Balaban J connectivity index is 1.61. The smallest absolute Gasteiger partial charge is 0.224 e. The third-order valence-electron chi connectivity index (χ3n) is 3.79. The van der Waals surface area contributed by atoms with Gasteiger partial charge in [-0.05, 0) is 41.8 Å². The van der Waals surface area contributed by atoms with E-state index >= 15 is 0 Å². The van der Waals surface area contributed by atoms with Crippen molar-refractivity contribution in [3.63, 3.8) is 0 Å². The van der Waals surface area contributed by atoms with Gasteiger partial charge in [-0.2, -0.15) is 0 Å². The van der Waals surface area contributed by atoms with Crippen LogP contribution in [0.1, 0.15) is 17.5 Å². The van der Waals surface area contributed by atoms with Crippen LogP contribution in [0.2, 0.25) is 0 Å². The maximum absolute atomic E-state index is 12.1. The number of rotatable bonds is 4. The van der Waals surface area contributed by atoms with E-state index in [1.54, 1.807) is 0 Å². The summed E-state index contributed by atoms with van der Waals surface area (Å²) in [5, 5.41) is 5.30. The summed E-state index contributed by atoms with van der Waals surface area (Å²) in [7, 11) is 0. The maximum atomic E-state index is 12.1. The van der Waals surface area contributed by atoms with Crippen LogP contribution in [0.3, 0.4) is 0 Å². The average Bonchev–Trinajstić information content (AvgIpc) is 2.54. The molecule has 1 amide bonds. The van der Waals surface area contributed by atoms with Gasteiger partial charge in [0.25, 0.3) is 0 Å². The van der Waals surface area contributed by atoms with E-state index in [2.05, 4.69) is 48.6 Å². The Labute approximate surface area is 130 Å². The number of nitrogens with one attached hydrogen (secondary N) is 1. The zero-order chi connectivity index (χ0) is 15.4. The van der Waals surface area contributed by atoms with E-state index in [0.717, 1.165) is 17.5 Å². The Morgan fingerprint density at radius 3 is 2.41 bits per heavy atom. The molecular weight excluding hydrogens is 270 g/mol. The molecule has 3 rings (SSSR count). The first-order valence-electron chi connectivity index (χ1n) is 7.55. The van der Waals surface area contributed by atoms with Crippen LogP contribution >= 0.6 is 0 Å². The van der Waals surface area contributed by atoms with Crippen molar-refractivity contribution in [2.75, 3.05) is 5.32 Å². The first-order valence-corrected chi connectivity index (χ1v) is 7.55. The highest BCUT2D eigenvalue weighted by atomic mass is 16.1. The summed E-state index contributed by atoms with van der Waals surface area (Å²) in [5.41, 5.74) is 3.29. The molecule has 0 bridgehead atoms. The molecule has 0 atom stereocenters. The predicted molar refractivity (Wildman–Crippen MR) is 92.1 cm³/mol. The SMILES string of the molecule is Cc1ccc(CCC(=O)Nc2ccc3ccccc3c2)cc1. The number of fused-ring (bicyclic) bond motifs is 1. The van der Waals surface area contributed by atoms with Crippen LogP contribution < -0.4 is 5.32 Å². The van der Waals surface area contributed by atoms with E-state index in [0.29, 0.717) is 6.42 Å². The molecule has 0 unspecified atom stereocenters. The van der Waals surface area contributed by atoms with Crippen LogP contribution in [-0.2, 0) is 11.2 Å². The molecule has 0 spiro atoms. The molecule has 22 heavy (non-hydrogen) atoms. The maximum Gasteiger partial charge on any atom is 0.224 e. The predicted octanol–water partition coefficient (Wildman–Crippen LogP) is 4.72. The zero-order valence-electron chi connectivity index (χ0n) is 12.7. The molecule has 0 aliphatic rings. The molecule has 0 aliphatic heterocycles. The van der Waals surface area contributed by atoms with Crippen LogP contribution in [0.5, 0.6) is 0 Å². The van der Waals surface area contributed by atoms with Gasteiger partial charge in [0.05, 0.1) is 0 Å². The molecule has 0 aromatic heterocycles. The minimum absolute atomic E-state index is 0.0517. The molecule has 0 aliphatic carbocycles. The Morgan fingerprint density at radius 2 is 1.64 bits per heavy atom. The Bertz CT molecular complexity index is 790. The van der Waals surface area contributed by atoms with Crippen LogP contribution in [0.4, 0.5) is 5.69 Å². The van der Waals surface area contributed by atoms with Crippen LogP contribution in [0.15, 0.2) is 66.7 Å². The average molecular weight is 289 g/mol. The largest absolute Gasteiger partial charge is 0.326 e. The number of amides is 1. The molecule has 2 nitrogen and oxygen atoms in total. The fourth-order valence-electron chi connectivity index (χ4n) is 2.50. The highest BCUT2D eigenvalue weighted by Gasteiger charge is 2.04. The van der Waals surface area contributed by atoms with E-state index in [9.17, 15) is 4.79 Å². The van der Waals surface area contributed by atoms with E-state index in [4.69, 9.17) is 0 Å². The second-order valence-corrected chi connectivity index (χ2v) is 5.60. The molecule has 0 heterocycles. The number of hydrogen-bond acceptors (Lipinski definition) is 1. The number of carbonyl (C=O) groups excluding carboxylic acids is 1. The molecular formula is C20H19NO.